The van der Waals surface area contributed by atoms with Gasteiger partial charge in [0.25, 0.3) is 5.91 Å². The first-order valence-corrected chi connectivity index (χ1v) is 8.56. The summed E-state index contributed by atoms with van der Waals surface area (Å²) >= 11 is 0. The van der Waals surface area contributed by atoms with E-state index in [1.54, 1.807) is 20.8 Å². The summed E-state index contributed by atoms with van der Waals surface area (Å²) in [7, 11) is 1.28. The van der Waals surface area contributed by atoms with E-state index in [2.05, 4.69) is 15.4 Å². The van der Waals surface area contributed by atoms with E-state index in [1.807, 2.05) is 0 Å². The van der Waals surface area contributed by atoms with Crippen LogP contribution in [0.3, 0.4) is 0 Å². The van der Waals surface area contributed by atoms with Crippen LogP contribution in [0.1, 0.15) is 33.3 Å². The molecule has 0 saturated carbocycles. The van der Waals surface area contributed by atoms with Gasteiger partial charge in [-0.1, -0.05) is 12.1 Å². The molecule has 1 aromatic carbocycles. The van der Waals surface area contributed by atoms with Gasteiger partial charge in [-0.2, -0.15) is 8.78 Å². The van der Waals surface area contributed by atoms with E-state index in [-0.39, 0.29) is 17.1 Å². The van der Waals surface area contributed by atoms with Crippen LogP contribution in [-0.4, -0.2) is 43.3 Å². The van der Waals surface area contributed by atoms with Crippen LogP contribution in [0.5, 0.6) is 11.5 Å². The van der Waals surface area contributed by atoms with Gasteiger partial charge in [-0.15, -0.1) is 0 Å². The van der Waals surface area contributed by atoms with Crippen molar-refractivity contribution in [2.45, 2.75) is 45.9 Å². The number of hydrogen-bond donors (Lipinski definition) is 2. The Morgan fingerprint density at radius 2 is 1.83 bits per heavy atom. The summed E-state index contributed by atoms with van der Waals surface area (Å²) in [5, 5.41) is 4.58. The predicted molar refractivity (Wildman–Crippen MR) is 101 cm³/mol. The molecule has 1 atom stereocenters. The summed E-state index contributed by atoms with van der Waals surface area (Å²) in [6, 6.07) is 3.64. The van der Waals surface area contributed by atoms with Crippen LogP contribution in [0.2, 0.25) is 0 Å². The van der Waals surface area contributed by atoms with Gasteiger partial charge in [-0.3, -0.25) is 10.1 Å². The second-order valence-electron chi connectivity index (χ2n) is 6.86. The fourth-order valence-electron chi connectivity index (χ4n) is 2.05. The van der Waals surface area contributed by atoms with Gasteiger partial charge in [0, 0.05) is 17.2 Å². The quantitative estimate of drug-likeness (QED) is 0.525. The molecule has 0 unspecified atom stereocenters. The molecular formula is C19H24F2N2O6. The highest BCUT2D eigenvalue weighted by Gasteiger charge is 2.21. The number of benzene rings is 1. The van der Waals surface area contributed by atoms with E-state index in [0.717, 1.165) is 6.08 Å². The summed E-state index contributed by atoms with van der Waals surface area (Å²) in [6.07, 6.45) is 0.853. The number of ether oxygens (including phenoxy) is 3. The molecule has 0 aliphatic heterocycles. The summed E-state index contributed by atoms with van der Waals surface area (Å²) < 4.78 is 39.5. The molecule has 1 rings (SSSR count). The van der Waals surface area contributed by atoms with Crippen LogP contribution in [0.4, 0.5) is 13.6 Å². The Morgan fingerprint density at radius 3 is 2.38 bits per heavy atom. The maximum Gasteiger partial charge on any atom is 0.387 e. The van der Waals surface area contributed by atoms with Crippen molar-refractivity contribution in [1.29, 1.82) is 0 Å². The molecule has 0 aliphatic carbocycles. The number of hydrogen-bond acceptors (Lipinski definition) is 6. The average molecular weight is 414 g/mol. The minimum absolute atomic E-state index is 0.0541. The first kappa shape index (κ1) is 23.9. The second-order valence-corrected chi connectivity index (χ2v) is 6.86. The van der Waals surface area contributed by atoms with Gasteiger partial charge in [0.05, 0.1) is 7.11 Å². The van der Waals surface area contributed by atoms with E-state index in [4.69, 9.17) is 9.47 Å². The first-order chi connectivity index (χ1) is 13.4. The molecule has 10 heteroatoms. The number of imide groups is 1. The van der Waals surface area contributed by atoms with Gasteiger partial charge in [-0.05, 0) is 39.8 Å². The number of methoxy groups -OCH3 is 1. The zero-order valence-corrected chi connectivity index (χ0v) is 16.7. The normalized spacial score (nSPS) is 12.4. The Hall–Kier alpha value is -3.17. The number of carbonyl (C=O) groups is 3. The average Bonchev–Trinajstić information content (AvgIpc) is 2.58. The van der Waals surface area contributed by atoms with E-state index in [0.29, 0.717) is 0 Å². The summed E-state index contributed by atoms with van der Waals surface area (Å²) in [6.45, 7) is 3.39. The van der Waals surface area contributed by atoms with E-state index in [1.165, 1.54) is 38.3 Å². The Labute approximate surface area is 167 Å². The number of amides is 3. The van der Waals surface area contributed by atoms with Gasteiger partial charge in [0.1, 0.15) is 0 Å². The van der Waals surface area contributed by atoms with Crippen molar-refractivity contribution in [3.05, 3.63) is 29.8 Å². The topological polar surface area (TPSA) is 103 Å². The summed E-state index contributed by atoms with van der Waals surface area (Å²) in [5.74, 6) is -1.94. The number of carbonyl (C=O) groups excluding carboxylic acids is 3. The van der Waals surface area contributed by atoms with Crippen molar-refractivity contribution in [3.8, 4) is 11.5 Å². The highest BCUT2D eigenvalue weighted by molar-refractivity contribution is 5.98. The molecule has 29 heavy (non-hydrogen) atoms. The van der Waals surface area contributed by atoms with Crippen molar-refractivity contribution in [2.75, 3.05) is 7.11 Å². The molecule has 0 heterocycles. The molecule has 0 aliphatic rings. The van der Waals surface area contributed by atoms with Crippen LogP contribution in [-0.2, 0) is 14.3 Å². The van der Waals surface area contributed by atoms with Gasteiger partial charge >= 0.3 is 18.6 Å². The molecule has 0 spiro atoms. The number of urea groups is 1. The van der Waals surface area contributed by atoms with Crippen LogP contribution >= 0.6 is 0 Å². The van der Waals surface area contributed by atoms with Crippen molar-refractivity contribution >= 4 is 24.0 Å². The number of rotatable bonds is 7. The third-order valence-corrected chi connectivity index (χ3v) is 3.22. The number of alkyl halides is 2. The largest absolute Gasteiger partial charge is 0.493 e. The van der Waals surface area contributed by atoms with Crippen molar-refractivity contribution < 1.29 is 37.4 Å². The molecule has 1 aromatic rings. The van der Waals surface area contributed by atoms with Crippen LogP contribution in [0.15, 0.2) is 24.3 Å². The lowest BCUT2D eigenvalue weighted by Gasteiger charge is -2.21. The number of para-hydroxylation sites is 1. The lowest BCUT2D eigenvalue weighted by molar-refractivity contribution is -0.149. The SMILES string of the molecule is COc1cccc(/C=C/C(=O)O[C@@H](C)C(=O)NC(=O)NC(C)(C)C)c1OC(F)F. The number of nitrogens with one attached hydrogen (secondary N) is 2. The van der Waals surface area contributed by atoms with Crippen LogP contribution in [0, 0.1) is 0 Å². The maximum atomic E-state index is 12.6. The smallest absolute Gasteiger partial charge is 0.387 e. The highest BCUT2D eigenvalue weighted by Crippen LogP contribution is 2.33. The molecular weight excluding hydrogens is 390 g/mol. The predicted octanol–water partition coefficient (Wildman–Crippen LogP) is 2.87. The Bertz CT molecular complexity index is 774. The van der Waals surface area contributed by atoms with Crippen molar-refractivity contribution in [2.24, 2.45) is 0 Å². The summed E-state index contributed by atoms with van der Waals surface area (Å²) in [4.78, 5) is 35.5. The molecule has 8 nitrogen and oxygen atoms in total. The van der Waals surface area contributed by atoms with E-state index >= 15 is 0 Å². The Balaban J connectivity index is 2.76. The Morgan fingerprint density at radius 1 is 1.17 bits per heavy atom. The molecule has 0 aromatic heterocycles. The fraction of sp³-hybridized carbons (Fsp3) is 0.421. The molecule has 0 bridgehead atoms. The number of halogens is 2. The third kappa shape index (κ3) is 8.58. The first-order valence-electron chi connectivity index (χ1n) is 8.56. The molecule has 0 fully saturated rings. The second kappa shape index (κ2) is 10.4. The lowest BCUT2D eigenvalue weighted by Crippen LogP contribution is -2.50. The lowest BCUT2D eigenvalue weighted by atomic mass is 10.1. The van der Waals surface area contributed by atoms with Crippen LogP contribution in [0.25, 0.3) is 6.08 Å². The molecule has 0 radical (unpaired) electrons. The molecule has 2 N–H and O–H groups in total. The van der Waals surface area contributed by atoms with E-state index in [9.17, 15) is 23.2 Å². The number of esters is 1. The fourth-order valence-corrected chi connectivity index (χ4v) is 2.05. The monoisotopic (exact) mass is 414 g/mol. The van der Waals surface area contributed by atoms with Gasteiger partial charge in [-0.25, -0.2) is 9.59 Å². The van der Waals surface area contributed by atoms with Gasteiger partial charge in [0.2, 0.25) is 0 Å². The molecule has 0 saturated heterocycles. The maximum absolute atomic E-state index is 12.6. The van der Waals surface area contributed by atoms with Crippen molar-refractivity contribution in [3.63, 3.8) is 0 Å². The zero-order valence-electron chi connectivity index (χ0n) is 16.7. The van der Waals surface area contributed by atoms with Crippen molar-refractivity contribution in [1.82, 2.24) is 10.6 Å². The minimum atomic E-state index is -3.09. The van der Waals surface area contributed by atoms with Gasteiger partial charge < -0.3 is 19.5 Å². The Kier molecular flexibility index (Phi) is 8.56. The standard InChI is InChI=1S/C19H24F2N2O6/c1-11(16(25)22-18(26)23-19(2,3)4)28-14(24)10-9-12-7-6-8-13(27-5)15(12)29-17(20)21/h6-11,17H,1-5H3,(H2,22,23,25,26)/b10-9+/t11-/m0/s1. The van der Waals surface area contributed by atoms with E-state index < -0.39 is 36.2 Å². The van der Waals surface area contributed by atoms with Crippen LogP contribution < -0.4 is 20.1 Å². The minimum Gasteiger partial charge on any atom is -0.493 e. The zero-order chi connectivity index (χ0) is 22.2. The molecule has 160 valence electrons. The molecule has 3 amide bonds. The highest BCUT2D eigenvalue weighted by atomic mass is 19.3. The third-order valence-electron chi connectivity index (χ3n) is 3.22. The summed E-state index contributed by atoms with van der Waals surface area (Å²) in [5.41, 5.74) is -0.412. The van der Waals surface area contributed by atoms with Gasteiger partial charge in [0.15, 0.2) is 17.6 Å².